The highest BCUT2D eigenvalue weighted by Crippen LogP contribution is 2.29. The second-order valence-electron chi connectivity index (χ2n) is 8.90. The van der Waals surface area contributed by atoms with E-state index < -0.39 is 10.0 Å². The minimum Gasteiger partial charge on any atom is -0.321 e. The molecule has 0 atom stereocenters. The van der Waals surface area contributed by atoms with Crippen molar-refractivity contribution in [3.63, 3.8) is 0 Å². The molecule has 0 fully saturated rings. The average molecular weight is 412 g/mol. The zero-order valence-corrected chi connectivity index (χ0v) is 18.2. The number of hydrazine groups is 1. The maximum atomic E-state index is 13.2. The molecule has 5 nitrogen and oxygen atoms in total. The summed E-state index contributed by atoms with van der Waals surface area (Å²) in [6.07, 6.45) is 0.771. The summed E-state index contributed by atoms with van der Waals surface area (Å²) in [5.41, 5.74) is 8.15. The van der Waals surface area contributed by atoms with Gasteiger partial charge in [-0.2, -0.15) is 4.31 Å². The Hall–Kier alpha value is -2.15. The maximum absolute atomic E-state index is 13.2. The van der Waals surface area contributed by atoms with Crippen molar-refractivity contribution < 1.29 is 8.42 Å². The Bertz CT molecular complexity index is 1010. The van der Waals surface area contributed by atoms with Crippen LogP contribution in [0.2, 0.25) is 0 Å². The number of rotatable bonds is 4. The zero-order valence-electron chi connectivity index (χ0n) is 17.4. The van der Waals surface area contributed by atoms with Crippen LogP contribution in [0.5, 0.6) is 0 Å². The molecule has 29 heavy (non-hydrogen) atoms. The van der Waals surface area contributed by atoms with Crippen molar-refractivity contribution in [3.8, 4) is 0 Å². The lowest BCUT2D eigenvalue weighted by atomic mass is 9.87. The van der Waals surface area contributed by atoms with E-state index in [-0.39, 0.29) is 5.41 Å². The predicted octanol–water partition coefficient (Wildman–Crippen LogP) is 3.65. The Balaban J connectivity index is 1.45. The fourth-order valence-electron chi connectivity index (χ4n) is 3.91. The molecular weight excluding hydrogens is 382 g/mol. The van der Waals surface area contributed by atoms with Gasteiger partial charge in [-0.05, 0) is 40.7 Å². The highest BCUT2D eigenvalue weighted by atomic mass is 32.2. The van der Waals surface area contributed by atoms with E-state index in [1.165, 1.54) is 11.1 Å². The van der Waals surface area contributed by atoms with Crippen LogP contribution in [0.3, 0.4) is 0 Å². The lowest BCUT2D eigenvalue weighted by Crippen LogP contribution is -2.39. The molecule has 1 N–H and O–H groups in total. The summed E-state index contributed by atoms with van der Waals surface area (Å²) < 4.78 is 27.9. The van der Waals surface area contributed by atoms with E-state index >= 15 is 0 Å². The van der Waals surface area contributed by atoms with Crippen LogP contribution in [0.4, 0.5) is 0 Å². The third-order valence-electron chi connectivity index (χ3n) is 5.67. The van der Waals surface area contributed by atoms with E-state index in [1.807, 2.05) is 30.3 Å². The molecule has 0 saturated carbocycles. The average Bonchev–Trinajstić information content (AvgIpc) is 3.09. The molecule has 2 aromatic rings. The maximum Gasteiger partial charge on any atom is 0.243 e. The molecule has 0 amide bonds. The first-order valence-corrected chi connectivity index (χ1v) is 11.5. The minimum absolute atomic E-state index is 0.00308. The second kappa shape index (κ2) is 7.59. The van der Waals surface area contributed by atoms with Crippen molar-refractivity contribution in [3.05, 3.63) is 77.0 Å². The van der Waals surface area contributed by atoms with Gasteiger partial charge >= 0.3 is 0 Å². The lowest BCUT2D eigenvalue weighted by Gasteiger charge is -2.27. The number of hydrogen-bond donors (Lipinski definition) is 1. The monoisotopic (exact) mass is 411 g/mol. The molecule has 2 aliphatic heterocycles. The van der Waals surface area contributed by atoms with Gasteiger partial charge in [0.25, 0.3) is 0 Å². The third-order valence-corrected chi connectivity index (χ3v) is 7.53. The van der Waals surface area contributed by atoms with Gasteiger partial charge in [0, 0.05) is 25.3 Å². The van der Waals surface area contributed by atoms with Crippen molar-refractivity contribution in [2.24, 2.45) is 0 Å². The van der Waals surface area contributed by atoms with Crippen molar-refractivity contribution in [2.45, 2.75) is 44.0 Å². The first-order chi connectivity index (χ1) is 13.7. The molecule has 2 aliphatic rings. The van der Waals surface area contributed by atoms with Crippen LogP contribution in [0, 0.1) is 0 Å². The van der Waals surface area contributed by atoms with Gasteiger partial charge in [0.05, 0.1) is 11.4 Å². The molecule has 0 bridgehead atoms. The third kappa shape index (κ3) is 4.25. The van der Waals surface area contributed by atoms with Crippen molar-refractivity contribution in [2.75, 3.05) is 19.6 Å². The Morgan fingerprint density at radius 1 is 0.966 bits per heavy atom. The van der Waals surface area contributed by atoms with Gasteiger partial charge in [-0.3, -0.25) is 0 Å². The fraction of sp³-hybridized carbons (Fsp3) is 0.391. The van der Waals surface area contributed by atoms with Gasteiger partial charge in [-0.25, -0.2) is 13.4 Å². The summed E-state index contributed by atoms with van der Waals surface area (Å²) in [7, 11) is -3.50. The molecule has 0 radical (unpaired) electrons. The normalized spacial score (nSPS) is 18.6. The summed E-state index contributed by atoms with van der Waals surface area (Å²) in [5, 5.41) is 2.16. The Morgan fingerprint density at radius 3 is 2.31 bits per heavy atom. The number of nitrogens with zero attached hydrogens (tertiary/aromatic N) is 2. The molecule has 6 heteroatoms. The summed E-state index contributed by atoms with van der Waals surface area (Å²) in [6.45, 7) is 8.96. The summed E-state index contributed by atoms with van der Waals surface area (Å²) in [5.74, 6) is 0. The number of hydrogen-bond acceptors (Lipinski definition) is 4. The molecule has 2 heterocycles. The SMILES string of the molecule is CC(C)(C)c1ccc(S(=O)(=O)N2CCC3=C(C2)NN(Cc2ccccc2)C3)cc1. The van der Waals surface area contributed by atoms with E-state index in [0.29, 0.717) is 18.0 Å². The zero-order chi connectivity index (χ0) is 20.6. The Kier molecular flexibility index (Phi) is 5.27. The van der Waals surface area contributed by atoms with E-state index in [0.717, 1.165) is 30.8 Å². The fourth-order valence-corrected chi connectivity index (χ4v) is 5.32. The van der Waals surface area contributed by atoms with Gasteiger partial charge in [-0.1, -0.05) is 63.2 Å². The molecule has 2 aromatic carbocycles. The standard InChI is InChI=1S/C23H29N3O2S/c1-23(2,3)20-9-11-21(12-10-20)29(27,28)26-14-13-19-16-25(24-22(19)17-26)15-18-7-5-4-6-8-18/h4-12,24H,13-17H2,1-3H3. The van der Waals surface area contributed by atoms with E-state index in [9.17, 15) is 8.42 Å². The second-order valence-corrected chi connectivity index (χ2v) is 10.8. The molecule has 4 rings (SSSR count). The van der Waals surface area contributed by atoms with Crippen LogP contribution in [0.15, 0.2) is 70.8 Å². The molecule has 0 aliphatic carbocycles. The molecule has 154 valence electrons. The number of benzene rings is 2. The van der Waals surface area contributed by atoms with Gasteiger partial charge < -0.3 is 5.43 Å². The van der Waals surface area contributed by atoms with Gasteiger partial charge in [0.2, 0.25) is 10.0 Å². The predicted molar refractivity (Wildman–Crippen MR) is 116 cm³/mol. The molecule has 0 unspecified atom stereocenters. The van der Waals surface area contributed by atoms with Crippen LogP contribution in [0.1, 0.15) is 38.3 Å². The molecule has 0 aromatic heterocycles. The van der Waals surface area contributed by atoms with E-state index in [1.54, 1.807) is 16.4 Å². The quantitative estimate of drug-likeness (QED) is 0.834. The van der Waals surface area contributed by atoms with Crippen molar-refractivity contribution >= 4 is 10.0 Å². The number of sulfonamides is 1. The van der Waals surface area contributed by atoms with Gasteiger partial charge in [0.15, 0.2) is 0 Å². The summed E-state index contributed by atoms with van der Waals surface area (Å²) >= 11 is 0. The van der Waals surface area contributed by atoms with Crippen LogP contribution < -0.4 is 5.43 Å². The van der Waals surface area contributed by atoms with Crippen molar-refractivity contribution in [1.82, 2.24) is 14.7 Å². The van der Waals surface area contributed by atoms with Crippen LogP contribution in [-0.4, -0.2) is 37.4 Å². The van der Waals surface area contributed by atoms with Crippen LogP contribution >= 0.6 is 0 Å². The molecule has 0 saturated heterocycles. The highest BCUT2D eigenvalue weighted by molar-refractivity contribution is 7.89. The number of nitrogens with one attached hydrogen (secondary N) is 1. The van der Waals surface area contributed by atoms with Gasteiger partial charge in [-0.15, -0.1) is 0 Å². The topological polar surface area (TPSA) is 52.7 Å². The summed E-state index contributed by atoms with van der Waals surface area (Å²) in [4.78, 5) is 0.369. The highest BCUT2D eigenvalue weighted by Gasteiger charge is 2.33. The lowest BCUT2D eigenvalue weighted by molar-refractivity contribution is 0.245. The van der Waals surface area contributed by atoms with E-state index in [4.69, 9.17) is 0 Å². The van der Waals surface area contributed by atoms with Crippen LogP contribution in [0.25, 0.3) is 0 Å². The molecule has 0 spiro atoms. The first kappa shape index (κ1) is 20.1. The van der Waals surface area contributed by atoms with E-state index in [2.05, 4.69) is 43.3 Å². The largest absolute Gasteiger partial charge is 0.321 e. The molecular formula is C23H29N3O2S. The van der Waals surface area contributed by atoms with Crippen molar-refractivity contribution in [1.29, 1.82) is 0 Å². The van der Waals surface area contributed by atoms with Crippen LogP contribution in [-0.2, 0) is 22.0 Å². The smallest absolute Gasteiger partial charge is 0.243 e. The first-order valence-electron chi connectivity index (χ1n) is 10.1. The van der Waals surface area contributed by atoms with Gasteiger partial charge in [0.1, 0.15) is 0 Å². The minimum atomic E-state index is -3.50. The Morgan fingerprint density at radius 2 is 1.66 bits per heavy atom. The summed E-state index contributed by atoms with van der Waals surface area (Å²) in [6, 6.07) is 17.6. The Labute approximate surface area is 174 Å².